The van der Waals surface area contributed by atoms with Gasteiger partial charge in [0.25, 0.3) is 0 Å². The van der Waals surface area contributed by atoms with E-state index >= 15 is 0 Å². The molecule has 0 saturated carbocycles. The number of hydrogen-bond acceptors (Lipinski definition) is 5. The number of methoxy groups -OCH3 is 1. The molecule has 0 aromatic heterocycles. The van der Waals surface area contributed by atoms with Crippen LogP contribution < -0.4 is 0 Å². The summed E-state index contributed by atoms with van der Waals surface area (Å²) in [6.07, 6.45) is 0.163. The molecule has 0 fully saturated rings. The molecule has 0 saturated heterocycles. The second-order valence-corrected chi connectivity index (χ2v) is 8.04. The Balaban J connectivity index is 3.16. The zero-order valence-corrected chi connectivity index (χ0v) is 15.1. The van der Waals surface area contributed by atoms with E-state index in [1.54, 1.807) is 32.9 Å². The lowest BCUT2D eigenvalue weighted by molar-refractivity contribution is -0.150. The summed E-state index contributed by atoms with van der Waals surface area (Å²) in [4.78, 5) is 12.4. The highest BCUT2D eigenvalue weighted by molar-refractivity contribution is 7.94. The molecule has 5 nitrogen and oxygen atoms in total. The van der Waals surface area contributed by atoms with Crippen molar-refractivity contribution in [3.63, 3.8) is 0 Å². The van der Waals surface area contributed by atoms with Crippen molar-refractivity contribution in [1.29, 1.82) is 0 Å². The van der Waals surface area contributed by atoms with Crippen molar-refractivity contribution < 1.29 is 22.7 Å². The second kappa shape index (κ2) is 7.75. The molecule has 0 aliphatic rings. The van der Waals surface area contributed by atoms with Crippen molar-refractivity contribution in [2.75, 3.05) is 13.7 Å². The fraction of sp³-hybridized carbons (Fsp3) is 0.471. The van der Waals surface area contributed by atoms with Gasteiger partial charge in [-0.3, -0.25) is 0 Å². The van der Waals surface area contributed by atoms with E-state index in [4.69, 9.17) is 9.47 Å². The lowest BCUT2D eigenvalue weighted by Crippen LogP contribution is -2.25. The second-order valence-electron chi connectivity index (χ2n) is 6.25. The molecule has 0 unspecified atom stereocenters. The Morgan fingerprint density at radius 2 is 1.74 bits per heavy atom. The summed E-state index contributed by atoms with van der Waals surface area (Å²) < 4.78 is 35.1. The van der Waals surface area contributed by atoms with Gasteiger partial charge in [-0.2, -0.15) is 0 Å². The van der Waals surface area contributed by atoms with E-state index in [1.165, 1.54) is 19.2 Å². The first-order valence-corrected chi connectivity index (χ1v) is 8.84. The van der Waals surface area contributed by atoms with Crippen LogP contribution in [0.3, 0.4) is 0 Å². The van der Waals surface area contributed by atoms with Crippen molar-refractivity contribution in [3.8, 4) is 0 Å². The highest BCUT2D eigenvalue weighted by atomic mass is 32.2. The van der Waals surface area contributed by atoms with Crippen molar-refractivity contribution >= 4 is 15.8 Å². The zero-order chi connectivity index (χ0) is 17.7. The normalized spacial score (nSPS) is 13.0. The molecule has 0 atom stereocenters. The average molecular weight is 340 g/mol. The van der Waals surface area contributed by atoms with E-state index in [0.29, 0.717) is 0 Å². The topological polar surface area (TPSA) is 69.7 Å². The molecule has 128 valence electrons. The lowest BCUT2D eigenvalue weighted by Gasteiger charge is -2.20. The minimum absolute atomic E-state index is 0.0716. The molecule has 23 heavy (non-hydrogen) atoms. The van der Waals surface area contributed by atoms with Gasteiger partial charge in [-0.1, -0.05) is 17.7 Å². The van der Waals surface area contributed by atoms with Crippen LogP contribution in [0.25, 0.3) is 0 Å². The number of sulfone groups is 1. The zero-order valence-electron chi connectivity index (χ0n) is 14.3. The Hall–Kier alpha value is -1.66. The van der Waals surface area contributed by atoms with Crippen LogP contribution in [0.15, 0.2) is 40.1 Å². The molecule has 1 rings (SSSR count). The first-order valence-electron chi connectivity index (χ1n) is 7.30. The molecule has 0 aliphatic carbocycles. The fourth-order valence-corrected chi connectivity index (χ4v) is 2.99. The predicted octanol–water partition coefficient (Wildman–Crippen LogP) is 3.03. The van der Waals surface area contributed by atoms with E-state index in [-0.39, 0.29) is 23.5 Å². The van der Waals surface area contributed by atoms with E-state index in [9.17, 15) is 13.2 Å². The number of benzene rings is 1. The standard InChI is InChI=1S/C17H24O5S/c1-13-6-8-15(9-7-13)23(19,20)12-14(10-11-21-5)16(18)22-17(2,3)4/h6-9,12H,10-11H2,1-5H3. The maximum atomic E-state index is 12.5. The highest BCUT2D eigenvalue weighted by Gasteiger charge is 2.22. The minimum Gasteiger partial charge on any atom is -0.457 e. The highest BCUT2D eigenvalue weighted by Crippen LogP contribution is 2.19. The SMILES string of the molecule is COCCC(=CS(=O)(=O)c1ccc(C)cc1)C(=O)OC(C)(C)C. The number of rotatable bonds is 6. The number of carbonyl (C=O) groups excluding carboxylic acids is 1. The molecular formula is C17H24O5S. The first-order chi connectivity index (χ1) is 10.5. The Morgan fingerprint density at radius 1 is 1.17 bits per heavy atom. The van der Waals surface area contributed by atoms with Gasteiger partial charge >= 0.3 is 5.97 Å². The van der Waals surface area contributed by atoms with Crippen LogP contribution in [0.4, 0.5) is 0 Å². The summed E-state index contributed by atoms with van der Waals surface area (Å²) in [5.74, 6) is -0.648. The number of aryl methyl sites for hydroxylation is 1. The summed E-state index contributed by atoms with van der Waals surface area (Å²) in [5.41, 5.74) is 0.332. The summed E-state index contributed by atoms with van der Waals surface area (Å²) in [7, 11) is -2.24. The average Bonchev–Trinajstić information content (AvgIpc) is 2.42. The maximum Gasteiger partial charge on any atom is 0.335 e. The van der Waals surface area contributed by atoms with Crippen molar-refractivity contribution in [1.82, 2.24) is 0 Å². The summed E-state index contributed by atoms with van der Waals surface area (Å²) >= 11 is 0. The molecule has 0 aliphatic heterocycles. The Morgan fingerprint density at radius 3 is 2.22 bits per heavy atom. The van der Waals surface area contributed by atoms with Gasteiger partial charge in [-0.25, -0.2) is 13.2 Å². The minimum atomic E-state index is -3.73. The van der Waals surface area contributed by atoms with Crippen LogP contribution in [-0.4, -0.2) is 33.7 Å². The molecule has 0 amide bonds. The molecule has 0 bridgehead atoms. The van der Waals surface area contributed by atoms with Crippen molar-refractivity contribution in [3.05, 3.63) is 40.8 Å². The van der Waals surface area contributed by atoms with Gasteiger partial charge in [0, 0.05) is 18.9 Å². The number of esters is 1. The van der Waals surface area contributed by atoms with Crippen molar-refractivity contribution in [2.45, 2.75) is 44.6 Å². The van der Waals surface area contributed by atoms with E-state index < -0.39 is 21.4 Å². The quantitative estimate of drug-likeness (QED) is 0.588. The third kappa shape index (κ3) is 6.54. The van der Waals surface area contributed by atoms with Gasteiger partial charge in [0.15, 0.2) is 9.84 Å². The van der Waals surface area contributed by atoms with Crippen LogP contribution in [0.1, 0.15) is 32.8 Å². The number of hydrogen-bond donors (Lipinski definition) is 0. The maximum absolute atomic E-state index is 12.5. The molecule has 0 spiro atoms. The molecule has 0 radical (unpaired) electrons. The summed E-state index contributed by atoms with van der Waals surface area (Å²) in [6.45, 7) is 7.29. The van der Waals surface area contributed by atoms with Crippen LogP contribution in [0, 0.1) is 6.92 Å². The Labute approximate surface area is 138 Å². The largest absolute Gasteiger partial charge is 0.457 e. The van der Waals surface area contributed by atoms with Gasteiger partial charge < -0.3 is 9.47 Å². The van der Waals surface area contributed by atoms with Crippen LogP contribution in [0.2, 0.25) is 0 Å². The summed E-state index contributed by atoms with van der Waals surface area (Å²) in [6, 6.07) is 6.46. The van der Waals surface area contributed by atoms with Crippen LogP contribution in [0.5, 0.6) is 0 Å². The summed E-state index contributed by atoms with van der Waals surface area (Å²) in [5, 5.41) is 0.977. The Kier molecular flexibility index (Phi) is 6.53. The monoisotopic (exact) mass is 340 g/mol. The van der Waals surface area contributed by atoms with Gasteiger partial charge in [-0.05, 0) is 39.8 Å². The van der Waals surface area contributed by atoms with E-state index in [2.05, 4.69) is 0 Å². The van der Waals surface area contributed by atoms with E-state index in [0.717, 1.165) is 11.0 Å². The predicted molar refractivity (Wildman–Crippen MR) is 88.8 cm³/mol. The molecule has 0 heterocycles. The van der Waals surface area contributed by atoms with Crippen molar-refractivity contribution in [2.24, 2.45) is 0 Å². The third-order valence-electron chi connectivity index (χ3n) is 2.88. The van der Waals surface area contributed by atoms with Gasteiger partial charge in [0.05, 0.1) is 17.1 Å². The number of ether oxygens (including phenoxy) is 2. The van der Waals surface area contributed by atoms with Gasteiger partial charge in [0.2, 0.25) is 0 Å². The third-order valence-corrected chi connectivity index (χ3v) is 4.41. The Bertz CT molecular complexity index is 664. The van der Waals surface area contributed by atoms with Crippen LogP contribution >= 0.6 is 0 Å². The molecule has 1 aromatic carbocycles. The van der Waals surface area contributed by atoms with E-state index in [1.807, 2.05) is 6.92 Å². The molecule has 6 heteroatoms. The molecule has 0 N–H and O–H groups in total. The smallest absolute Gasteiger partial charge is 0.335 e. The molecule has 1 aromatic rings. The van der Waals surface area contributed by atoms with Crippen LogP contribution in [-0.2, 0) is 24.1 Å². The molecular weight excluding hydrogens is 316 g/mol. The number of carbonyl (C=O) groups is 1. The lowest BCUT2D eigenvalue weighted by atomic mass is 10.1. The van der Waals surface area contributed by atoms with Gasteiger partial charge in [-0.15, -0.1) is 0 Å². The first kappa shape index (κ1) is 19.4. The fourth-order valence-electron chi connectivity index (χ4n) is 1.75. The van der Waals surface area contributed by atoms with Gasteiger partial charge in [0.1, 0.15) is 5.60 Å².